The molecule has 0 unspecified atom stereocenters. The summed E-state index contributed by atoms with van der Waals surface area (Å²) in [6, 6.07) is 25.7. The third-order valence-corrected chi connectivity index (χ3v) is 6.76. The molecule has 1 saturated heterocycles. The van der Waals surface area contributed by atoms with Gasteiger partial charge in [-0.05, 0) is 17.7 Å². The van der Waals surface area contributed by atoms with Crippen molar-refractivity contribution in [1.29, 1.82) is 0 Å². The average molecular weight is 374 g/mol. The van der Waals surface area contributed by atoms with Crippen molar-refractivity contribution in [2.75, 3.05) is 7.11 Å². The van der Waals surface area contributed by atoms with Gasteiger partial charge in [0.1, 0.15) is 11.9 Å². The number of Topliss-reactive ketones (excluding diaryl/α,β-unsaturated/α-hetero) is 1. The fraction of sp³-hybridized carbons (Fsp3) is 0.174. The molecule has 3 aromatic carbocycles. The van der Waals surface area contributed by atoms with Crippen molar-refractivity contribution in [3.63, 3.8) is 0 Å². The quantitative estimate of drug-likeness (QED) is 0.588. The maximum absolute atomic E-state index is 13.6. The molecule has 2 aliphatic rings. The number of thioether (sulfide) groups is 1. The van der Waals surface area contributed by atoms with Gasteiger partial charge in [0.05, 0.1) is 12.4 Å². The summed E-state index contributed by atoms with van der Waals surface area (Å²) in [6.07, 6.45) is -0.313. The van der Waals surface area contributed by atoms with Crippen molar-refractivity contribution in [2.45, 2.75) is 21.9 Å². The normalized spacial score (nSPS) is 25.9. The van der Waals surface area contributed by atoms with Crippen molar-refractivity contribution in [3.8, 4) is 5.75 Å². The van der Waals surface area contributed by atoms with Crippen LogP contribution in [0, 0.1) is 0 Å². The molecular weight excluding hydrogens is 356 g/mol. The molecule has 1 fully saturated rings. The number of epoxide rings is 1. The fourth-order valence-electron chi connectivity index (χ4n) is 3.95. The zero-order valence-corrected chi connectivity index (χ0v) is 15.6. The van der Waals surface area contributed by atoms with Gasteiger partial charge in [-0.15, -0.1) is 11.8 Å². The standard InChI is InChI=1S/C23H18O3S/c1-25-18-13-7-5-11-16(18)21-23(26-21)20(24)17-12-6-8-14-19(17)27-22(23)15-9-3-2-4-10-15/h2-14,21-22H,1H3/t21-,22-,23-/m1/s1. The molecule has 4 heteroatoms. The van der Waals surface area contributed by atoms with Crippen LogP contribution in [0.25, 0.3) is 0 Å². The van der Waals surface area contributed by atoms with Gasteiger partial charge in [0.2, 0.25) is 0 Å². The molecule has 27 heavy (non-hydrogen) atoms. The summed E-state index contributed by atoms with van der Waals surface area (Å²) in [5.74, 6) is 0.810. The van der Waals surface area contributed by atoms with Crippen LogP contribution in [-0.2, 0) is 4.74 Å². The smallest absolute Gasteiger partial charge is 0.200 e. The van der Waals surface area contributed by atoms with Crippen molar-refractivity contribution in [2.24, 2.45) is 0 Å². The molecule has 2 heterocycles. The minimum atomic E-state index is -0.894. The van der Waals surface area contributed by atoms with Gasteiger partial charge < -0.3 is 9.47 Å². The van der Waals surface area contributed by atoms with E-state index in [0.29, 0.717) is 0 Å². The molecule has 0 radical (unpaired) electrons. The summed E-state index contributed by atoms with van der Waals surface area (Å²) < 4.78 is 11.8. The molecule has 1 spiro atoms. The van der Waals surface area contributed by atoms with Crippen LogP contribution in [0.2, 0.25) is 0 Å². The van der Waals surface area contributed by atoms with E-state index in [0.717, 1.165) is 27.3 Å². The van der Waals surface area contributed by atoms with E-state index in [4.69, 9.17) is 9.47 Å². The highest BCUT2D eigenvalue weighted by atomic mass is 32.2. The van der Waals surface area contributed by atoms with Crippen LogP contribution in [0.5, 0.6) is 5.75 Å². The number of methoxy groups -OCH3 is 1. The first kappa shape index (κ1) is 16.6. The Labute approximate surface area is 162 Å². The van der Waals surface area contributed by atoms with Crippen molar-refractivity contribution in [3.05, 3.63) is 95.6 Å². The van der Waals surface area contributed by atoms with Gasteiger partial charge in [0, 0.05) is 16.0 Å². The van der Waals surface area contributed by atoms with Gasteiger partial charge in [0.15, 0.2) is 11.4 Å². The second kappa shape index (κ2) is 6.25. The number of ketones is 1. The van der Waals surface area contributed by atoms with E-state index >= 15 is 0 Å². The summed E-state index contributed by atoms with van der Waals surface area (Å²) in [7, 11) is 1.65. The van der Waals surface area contributed by atoms with Crippen LogP contribution in [0.15, 0.2) is 83.8 Å². The molecule has 5 rings (SSSR count). The number of carbonyl (C=O) groups excluding carboxylic acids is 1. The number of ether oxygens (including phenoxy) is 2. The fourth-order valence-corrected chi connectivity index (χ4v) is 5.41. The molecule has 3 aromatic rings. The summed E-state index contributed by atoms with van der Waals surface area (Å²) >= 11 is 1.71. The van der Waals surface area contributed by atoms with E-state index in [1.807, 2.05) is 66.7 Å². The molecule has 0 saturated carbocycles. The van der Waals surface area contributed by atoms with Crippen LogP contribution in [0.4, 0.5) is 0 Å². The Hall–Kier alpha value is -2.56. The Morgan fingerprint density at radius 2 is 1.63 bits per heavy atom. The van der Waals surface area contributed by atoms with E-state index in [1.54, 1.807) is 18.9 Å². The largest absolute Gasteiger partial charge is 0.496 e. The maximum Gasteiger partial charge on any atom is 0.200 e. The van der Waals surface area contributed by atoms with Gasteiger partial charge >= 0.3 is 0 Å². The molecule has 0 bridgehead atoms. The number of hydrogen-bond acceptors (Lipinski definition) is 4. The molecule has 0 aliphatic carbocycles. The molecule has 3 atom stereocenters. The van der Waals surface area contributed by atoms with E-state index in [1.165, 1.54) is 0 Å². The van der Waals surface area contributed by atoms with E-state index in [-0.39, 0.29) is 17.1 Å². The predicted molar refractivity (Wildman–Crippen MR) is 105 cm³/mol. The highest BCUT2D eigenvalue weighted by Gasteiger charge is 2.70. The van der Waals surface area contributed by atoms with Crippen LogP contribution in [0.1, 0.15) is 32.8 Å². The number of hydrogen-bond donors (Lipinski definition) is 0. The molecule has 0 N–H and O–H groups in total. The molecule has 0 aromatic heterocycles. The molecule has 134 valence electrons. The lowest BCUT2D eigenvalue weighted by molar-refractivity contribution is 0.0861. The lowest BCUT2D eigenvalue weighted by atomic mass is 9.84. The zero-order chi connectivity index (χ0) is 18.4. The number of benzene rings is 3. The Balaban J connectivity index is 1.66. The molecular formula is C23H18O3S. The minimum Gasteiger partial charge on any atom is -0.496 e. The monoisotopic (exact) mass is 374 g/mol. The summed E-state index contributed by atoms with van der Waals surface area (Å²) in [6.45, 7) is 0. The van der Waals surface area contributed by atoms with Crippen molar-refractivity contribution >= 4 is 17.5 Å². The maximum atomic E-state index is 13.6. The molecule has 2 aliphatic heterocycles. The Morgan fingerprint density at radius 1 is 0.926 bits per heavy atom. The third kappa shape index (κ3) is 2.44. The highest BCUT2D eigenvalue weighted by molar-refractivity contribution is 7.99. The van der Waals surface area contributed by atoms with E-state index in [2.05, 4.69) is 12.1 Å². The predicted octanol–water partition coefficient (Wildman–Crippen LogP) is 5.24. The first-order valence-corrected chi connectivity index (χ1v) is 9.80. The van der Waals surface area contributed by atoms with Crippen LogP contribution in [0.3, 0.4) is 0 Å². The first-order chi connectivity index (χ1) is 13.3. The zero-order valence-electron chi connectivity index (χ0n) is 14.8. The van der Waals surface area contributed by atoms with Gasteiger partial charge in [-0.25, -0.2) is 0 Å². The van der Waals surface area contributed by atoms with E-state index in [9.17, 15) is 4.79 Å². The van der Waals surface area contributed by atoms with E-state index < -0.39 is 5.60 Å². The molecule has 3 nitrogen and oxygen atoms in total. The van der Waals surface area contributed by atoms with Crippen LogP contribution < -0.4 is 4.74 Å². The van der Waals surface area contributed by atoms with Crippen molar-refractivity contribution < 1.29 is 14.3 Å². The second-order valence-corrected chi connectivity index (χ2v) is 7.91. The number of fused-ring (bicyclic) bond motifs is 1. The lowest BCUT2D eigenvalue weighted by Crippen LogP contribution is -2.35. The highest BCUT2D eigenvalue weighted by Crippen LogP contribution is 2.67. The number of para-hydroxylation sites is 1. The third-order valence-electron chi connectivity index (χ3n) is 5.29. The van der Waals surface area contributed by atoms with Gasteiger partial charge in [-0.2, -0.15) is 0 Å². The topological polar surface area (TPSA) is 38.8 Å². The number of carbonyl (C=O) groups is 1. The van der Waals surface area contributed by atoms with Crippen LogP contribution >= 0.6 is 11.8 Å². The lowest BCUT2D eigenvalue weighted by Gasteiger charge is -2.30. The first-order valence-electron chi connectivity index (χ1n) is 8.92. The summed E-state index contributed by atoms with van der Waals surface area (Å²) in [4.78, 5) is 14.6. The van der Waals surface area contributed by atoms with Crippen molar-refractivity contribution in [1.82, 2.24) is 0 Å². The van der Waals surface area contributed by atoms with Gasteiger partial charge in [-0.1, -0.05) is 66.7 Å². The summed E-state index contributed by atoms with van der Waals surface area (Å²) in [5, 5.41) is -0.101. The summed E-state index contributed by atoms with van der Waals surface area (Å²) in [5.41, 5.74) is 1.87. The Morgan fingerprint density at radius 3 is 2.44 bits per heavy atom. The van der Waals surface area contributed by atoms with Gasteiger partial charge in [-0.3, -0.25) is 4.79 Å². The average Bonchev–Trinajstić information content (AvgIpc) is 3.47. The number of rotatable bonds is 3. The van der Waals surface area contributed by atoms with Crippen LogP contribution in [-0.4, -0.2) is 18.5 Å². The van der Waals surface area contributed by atoms with Gasteiger partial charge in [0.25, 0.3) is 0 Å². The Bertz CT molecular complexity index is 1020. The minimum absolute atomic E-state index is 0.0570. The SMILES string of the molecule is COc1ccccc1[C@H]1O[C@]12C(=O)c1ccccc1S[C@@H]2c1ccccc1. The molecule has 0 amide bonds. The Kier molecular flexibility index (Phi) is 3.85. The second-order valence-electron chi connectivity index (χ2n) is 6.77.